The Morgan fingerprint density at radius 1 is 1.32 bits per heavy atom. The molecule has 4 heteroatoms. The fourth-order valence-electron chi connectivity index (χ4n) is 3.68. The summed E-state index contributed by atoms with van der Waals surface area (Å²) >= 11 is 0. The summed E-state index contributed by atoms with van der Waals surface area (Å²) in [6, 6.07) is 0.602. The molecule has 2 rings (SSSR count). The molecule has 2 aliphatic rings. The van der Waals surface area contributed by atoms with Gasteiger partial charge in [-0.25, -0.2) is 0 Å². The van der Waals surface area contributed by atoms with Crippen LogP contribution < -0.4 is 5.32 Å². The van der Waals surface area contributed by atoms with E-state index in [1.54, 1.807) is 0 Å². The molecule has 4 nitrogen and oxygen atoms in total. The maximum atomic E-state index is 9.76. The molecule has 0 bridgehead atoms. The third-order valence-corrected chi connectivity index (χ3v) is 4.60. The SMILES string of the molecule is CCCNC1(CO)CCC(N2CC(C)OC(C)C2)C1. The molecule has 0 spiro atoms. The zero-order valence-corrected chi connectivity index (χ0v) is 12.7. The summed E-state index contributed by atoms with van der Waals surface area (Å²) in [5, 5.41) is 13.3. The Hall–Kier alpha value is -0.160. The molecule has 1 aliphatic carbocycles. The lowest BCUT2D eigenvalue weighted by atomic mass is 9.98. The van der Waals surface area contributed by atoms with Crippen molar-refractivity contribution in [1.29, 1.82) is 0 Å². The highest BCUT2D eigenvalue weighted by atomic mass is 16.5. The standard InChI is InChI=1S/C15H30N2O2/c1-4-7-16-15(11-18)6-5-14(8-15)17-9-12(2)19-13(3)10-17/h12-14,16,18H,4-11H2,1-3H3. The summed E-state index contributed by atoms with van der Waals surface area (Å²) in [6.45, 7) is 9.82. The number of rotatable bonds is 5. The van der Waals surface area contributed by atoms with Crippen LogP contribution in [0.25, 0.3) is 0 Å². The number of hydrogen-bond donors (Lipinski definition) is 2. The van der Waals surface area contributed by atoms with E-state index in [0.29, 0.717) is 18.2 Å². The molecule has 4 unspecified atom stereocenters. The Morgan fingerprint density at radius 3 is 2.58 bits per heavy atom. The van der Waals surface area contributed by atoms with Crippen LogP contribution in [0.3, 0.4) is 0 Å². The van der Waals surface area contributed by atoms with E-state index in [1.165, 1.54) is 6.42 Å². The first-order valence-corrected chi connectivity index (χ1v) is 7.84. The summed E-state index contributed by atoms with van der Waals surface area (Å²) in [5.74, 6) is 0. The number of nitrogens with zero attached hydrogens (tertiary/aromatic N) is 1. The Bertz CT molecular complexity index is 277. The van der Waals surface area contributed by atoms with Crippen LogP contribution >= 0.6 is 0 Å². The summed E-state index contributed by atoms with van der Waals surface area (Å²) < 4.78 is 5.81. The minimum absolute atomic E-state index is 0.0363. The van der Waals surface area contributed by atoms with Crippen molar-refractivity contribution >= 4 is 0 Å². The lowest BCUT2D eigenvalue weighted by molar-refractivity contribution is -0.0805. The van der Waals surface area contributed by atoms with Crippen LogP contribution in [-0.2, 0) is 4.74 Å². The van der Waals surface area contributed by atoms with E-state index in [9.17, 15) is 5.11 Å². The van der Waals surface area contributed by atoms with Gasteiger partial charge in [-0.05, 0) is 46.1 Å². The van der Waals surface area contributed by atoms with Crippen molar-refractivity contribution in [2.45, 2.75) is 70.2 Å². The number of aliphatic hydroxyl groups excluding tert-OH is 1. The van der Waals surface area contributed by atoms with Gasteiger partial charge < -0.3 is 15.2 Å². The van der Waals surface area contributed by atoms with Gasteiger partial charge in [-0.1, -0.05) is 6.92 Å². The van der Waals surface area contributed by atoms with E-state index in [-0.39, 0.29) is 12.1 Å². The molecule has 2 N–H and O–H groups in total. The van der Waals surface area contributed by atoms with Crippen LogP contribution in [0.15, 0.2) is 0 Å². The summed E-state index contributed by atoms with van der Waals surface area (Å²) in [5.41, 5.74) is -0.0363. The topological polar surface area (TPSA) is 44.7 Å². The molecule has 1 saturated carbocycles. The van der Waals surface area contributed by atoms with E-state index in [2.05, 4.69) is 31.0 Å². The molecule has 1 heterocycles. The van der Waals surface area contributed by atoms with Gasteiger partial charge in [0.25, 0.3) is 0 Å². The molecule has 0 radical (unpaired) electrons. The molecular formula is C15H30N2O2. The van der Waals surface area contributed by atoms with Crippen molar-refractivity contribution in [3.8, 4) is 0 Å². The second kappa shape index (κ2) is 6.53. The van der Waals surface area contributed by atoms with Gasteiger partial charge >= 0.3 is 0 Å². The minimum atomic E-state index is -0.0363. The van der Waals surface area contributed by atoms with Crippen LogP contribution in [0.4, 0.5) is 0 Å². The summed E-state index contributed by atoms with van der Waals surface area (Å²) in [6.07, 6.45) is 5.14. The molecule has 0 aromatic heterocycles. The maximum Gasteiger partial charge on any atom is 0.0678 e. The number of hydrogen-bond acceptors (Lipinski definition) is 4. The Morgan fingerprint density at radius 2 is 2.00 bits per heavy atom. The summed E-state index contributed by atoms with van der Waals surface area (Å²) in [7, 11) is 0. The number of nitrogens with one attached hydrogen (secondary N) is 1. The van der Waals surface area contributed by atoms with E-state index in [0.717, 1.165) is 38.9 Å². The van der Waals surface area contributed by atoms with Crippen LogP contribution in [-0.4, -0.2) is 60.0 Å². The molecule has 0 aromatic rings. The van der Waals surface area contributed by atoms with E-state index in [1.807, 2.05) is 0 Å². The molecule has 19 heavy (non-hydrogen) atoms. The van der Waals surface area contributed by atoms with Gasteiger partial charge in [-0.15, -0.1) is 0 Å². The molecule has 112 valence electrons. The Balaban J connectivity index is 1.92. The molecule has 2 fully saturated rings. The summed E-state index contributed by atoms with van der Waals surface area (Å²) in [4.78, 5) is 2.57. The first-order chi connectivity index (χ1) is 9.08. The van der Waals surface area contributed by atoms with Crippen LogP contribution in [0.1, 0.15) is 46.5 Å². The van der Waals surface area contributed by atoms with Crippen molar-refractivity contribution in [3.05, 3.63) is 0 Å². The van der Waals surface area contributed by atoms with E-state index in [4.69, 9.17) is 4.74 Å². The van der Waals surface area contributed by atoms with Crippen LogP contribution in [0.2, 0.25) is 0 Å². The number of morpholine rings is 1. The second-order valence-corrected chi connectivity index (χ2v) is 6.47. The lowest BCUT2D eigenvalue weighted by Gasteiger charge is -2.39. The fraction of sp³-hybridized carbons (Fsp3) is 1.00. The Labute approximate surface area is 117 Å². The smallest absolute Gasteiger partial charge is 0.0678 e. The number of aliphatic hydroxyl groups is 1. The van der Waals surface area contributed by atoms with Crippen molar-refractivity contribution in [3.63, 3.8) is 0 Å². The van der Waals surface area contributed by atoms with Crippen molar-refractivity contribution < 1.29 is 9.84 Å². The molecule has 0 aromatic carbocycles. The molecule has 1 saturated heterocycles. The predicted molar refractivity (Wildman–Crippen MR) is 77.3 cm³/mol. The van der Waals surface area contributed by atoms with Gasteiger partial charge in [0.1, 0.15) is 0 Å². The van der Waals surface area contributed by atoms with Gasteiger partial charge in [0.2, 0.25) is 0 Å². The Kier molecular flexibility index (Phi) is 5.23. The highest BCUT2D eigenvalue weighted by molar-refractivity contribution is 5.00. The van der Waals surface area contributed by atoms with Gasteiger partial charge in [0.05, 0.1) is 18.8 Å². The minimum Gasteiger partial charge on any atom is -0.394 e. The predicted octanol–water partition coefficient (Wildman–Crippen LogP) is 1.38. The third-order valence-electron chi connectivity index (χ3n) is 4.60. The highest BCUT2D eigenvalue weighted by Crippen LogP contribution is 2.34. The fourth-order valence-corrected chi connectivity index (χ4v) is 3.68. The third kappa shape index (κ3) is 3.69. The van der Waals surface area contributed by atoms with E-state index < -0.39 is 0 Å². The quantitative estimate of drug-likeness (QED) is 0.792. The average molecular weight is 270 g/mol. The molecule has 4 atom stereocenters. The molecular weight excluding hydrogens is 240 g/mol. The normalized spacial score (nSPS) is 40.7. The molecule has 0 amide bonds. The van der Waals surface area contributed by atoms with Crippen molar-refractivity contribution in [1.82, 2.24) is 10.2 Å². The van der Waals surface area contributed by atoms with Gasteiger partial charge in [-0.3, -0.25) is 4.90 Å². The number of ether oxygens (including phenoxy) is 1. The van der Waals surface area contributed by atoms with Crippen molar-refractivity contribution in [2.75, 3.05) is 26.2 Å². The monoisotopic (exact) mass is 270 g/mol. The second-order valence-electron chi connectivity index (χ2n) is 6.47. The lowest BCUT2D eigenvalue weighted by Crippen LogP contribution is -2.52. The van der Waals surface area contributed by atoms with Crippen LogP contribution in [0, 0.1) is 0 Å². The zero-order chi connectivity index (χ0) is 13.9. The van der Waals surface area contributed by atoms with Gasteiger partial charge in [0, 0.05) is 24.7 Å². The zero-order valence-electron chi connectivity index (χ0n) is 12.7. The van der Waals surface area contributed by atoms with Crippen molar-refractivity contribution in [2.24, 2.45) is 0 Å². The van der Waals surface area contributed by atoms with Crippen LogP contribution in [0.5, 0.6) is 0 Å². The highest BCUT2D eigenvalue weighted by Gasteiger charge is 2.41. The molecule has 1 aliphatic heterocycles. The van der Waals surface area contributed by atoms with Gasteiger partial charge in [-0.2, -0.15) is 0 Å². The average Bonchev–Trinajstić information content (AvgIpc) is 2.80. The first kappa shape index (κ1) is 15.2. The largest absolute Gasteiger partial charge is 0.394 e. The van der Waals surface area contributed by atoms with E-state index >= 15 is 0 Å². The first-order valence-electron chi connectivity index (χ1n) is 7.84. The maximum absolute atomic E-state index is 9.76. The van der Waals surface area contributed by atoms with Gasteiger partial charge in [0.15, 0.2) is 0 Å².